The van der Waals surface area contributed by atoms with Gasteiger partial charge in [-0.25, -0.2) is 4.39 Å². The molecule has 12 heavy (non-hydrogen) atoms. The van der Waals surface area contributed by atoms with E-state index in [9.17, 15) is 4.39 Å². The zero-order chi connectivity index (χ0) is 9.14. The summed E-state index contributed by atoms with van der Waals surface area (Å²) in [7, 11) is 1.44. The van der Waals surface area contributed by atoms with Gasteiger partial charge in [0.05, 0.1) is 13.0 Å². The molecule has 0 aliphatic rings. The van der Waals surface area contributed by atoms with Gasteiger partial charge >= 0.3 is 0 Å². The van der Waals surface area contributed by atoms with Gasteiger partial charge in [0.2, 0.25) is 0 Å². The highest BCUT2D eigenvalue weighted by molar-refractivity contribution is 6.17. The molecule has 66 valence electrons. The lowest BCUT2D eigenvalue weighted by Crippen LogP contribution is -1.94. The molecule has 0 unspecified atom stereocenters. The average molecular weight is 189 g/mol. The second-order valence-electron chi connectivity index (χ2n) is 2.57. The van der Waals surface area contributed by atoms with Crippen LogP contribution in [-0.2, 0) is 5.88 Å². The van der Waals surface area contributed by atoms with Gasteiger partial charge in [-0.05, 0) is 18.6 Å². The molecule has 0 N–H and O–H groups in total. The van der Waals surface area contributed by atoms with E-state index in [0.717, 1.165) is 5.56 Å². The molecule has 0 amide bonds. The standard InChI is InChI=1S/C9H10ClFO/c1-6-3-7(5-10)9(11)8(4-6)12-2/h3-4H,5H2,1-2H3. The Hall–Kier alpha value is -0.760. The highest BCUT2D eigenvalue weighted by Crippen LogP contribution is 2.23. The lowest BCUT2D eigenvalue weighted by molar-refractivity contribution is 0.384. The van der Waals surface area contributed by atoms with Crippen molar-refractivity contribution in [2.45, 2.75) is 12.8 Å². The third kappa shape index (κ3) is 1.69. The maximum absolute atomic E-state index is 13.2. The van der Waals surface area contributed by atoms with Crippen LogP contribution in [-0.4, -0.2) is 7.11 Å². The first-order valence-corrected chi connectivity index (χ1v) is 4.11. The van der Waals surface area contributed by atoms with E-state index in [1.165, 1.54) is 7.11 Å². The van der Waals surface area contributed by atoms with Gasteiger partial charge < -0.3 is 4.74 Å². The molecule has 0 saturated heterocycles. The predicted molar refractivity (Wildman–Crippen MR) is 47.2 cm³/mol. The molecular weight excluding hydrogens is 179 g/mol. The van der Waals surface area contributed by atoms with Gasteiger partial charge in [0.1, 0.15) is 0 Å². The van der Waals surface area contributed by atoms with Crippen molar-refractivity contribution >= 4 is 11.6 Å². The molecule has 1 aromatic rings. The Morgan fingerprint density at radius 1 is 1.50 bits per heavy atom. The number of benzene rings is 1. The van der Waals surface area contributed by atoms with Crippen LogP contribution < -0.4 is 4.74 Å². The van der Waals surface area contributed by atoms with Crippen LogP contribution in [0.25, 0.3) is 0 Å². The van der Waals surface area contributed by atoms with Gasteiger partial charge in [0.15, 0.2) is 11.6 Å². The molecule has 0 aliphatic carbocycles. The fourth-order valence-corrected chi connectivity index (χ4v) is 1.25. The Morgan fingerprint density at radius 3 is 2.67 bits per heavy atom. The fourth-order valence-electron chi connectivity index (χ4n) is 1.05. The summed E-state index contributed by atoms with van der Waals surface area (Å²) in [6.45, 7) is 1.87. The molecule has 0 atom stereocenters. The molecule has 0 saturated carbocycles. The summed E-state index contributed by atoms with van der Waals surface area (Å²) in [4.78, 5) is 0. The van der Waals surface area contributed by atoms with E-state index in [1.54, 1.807) is 12.1 Å². The summed E-state index contributed by atoms with van der Waals surface area (Å²) in [5.74, 6) is 0.0629. The lowest BCUT2D eigenvalue weighted by atomic mass is 10.1. The van der Waals surface area contributed by atoms with Crippen LogP contribution in [0.5, 0.6) is 5.75 Å². The van der Waals surface area contributed by atoms with Crippen LogP contribution in [0.2, 0.25) is 0 Å². The Labute approximate surface area is 76.1 Å². The predicted octanol–water partition coefficient (Wildman–Crippen LogP) is 2.88. The molecule has 1 nitrogen and oxygen atoms in total. The van der Waals surface area contributed by atoms with Crippen LogP contribution in [0, 0.1) is 12.7 Å². The Kier molecular flexibility index (Phi) is 2.93. The number of rotatable bonds is 2. The number of methoxy groups -OCH3 is 1. The minimum Gasteiger partial charge on any atom is -0.494 e. The summed E-state index contributed by atoms with van der Waals surface area (Å²) in [5, 5.41) is 0. The van der Waals surface area contributed by atoms with Crippen LogP contribution in [0.4, 0.5) is 4.39 Å². The van der Waals surface area contributed by atoms with Crippen molar-refractivity contribution in [3.8, 4) is 5.75 Å². The second kappa shape index (κ2) is 3.76. The molecule has 0 fully saturated rings. The van der Waals surface area contributed by atoms with Gasteiger partial charge in [-0.3, -0.25) is 0 Å². The van der Waals surface area contributed by atoms with Gasteiger partial charge in [0.25, 0.3) is 0 Å². The summed E-state index contributed by atoms with van der Waals surface area (Å²) in [6.07, 6.45) is 0. The molecule has 0 aliphatic heterocycles. The SMILES string of the molecule is COc1cc(C)cc(CCl)c1F. The second-order valence-corrected chi connectivity index (χ2v) is 2.84. The first-order chi connectivity index (χ1) is 5.69. The maximum Gasteiger partial charge on any atom is 0.169 e. The molecule has 0 spiro atoms. The number of hydrogen-bond donors (Lipinski definition) is 0. The Bertz CT molecular complexity index is 261. The number of halogens is 2. The molecule has 3 heteroatoms. The minimum absolute atomic E-state index is 0.171. The van der Waals surface area contributed by atoms with Crippen LogP contribution in [0.3, 0.4) is 0 Å². The maximum atomic E-state index is 13.2. The van der Waals surface area contributed by atoms with Crippen molar-refractivity contribution in [2.75, 3.05) is 7.11 Å². The van der Waals surface area contributed by atoms with Crippen molar-refractivity contribution in [3.05, 3.63) is 29.1 Å². The van der Waals surface area contributed by atoms with E-state index in [1.807, 2.05) is 6.92 Å². The Balaban J connectivity index is 3.22. The van der Waals surface area contributed by atoms with E-state index < -0.39 is 0 Å². The summed E-state index contributed by atoms with van der Waals surface area (Å²) in [6, 6.07) is 3.36. The molecule has 0 heterocycles. The number of ether oxygens (including phenoxy) is 1. The third-order valence-corrected chi connectivity index (χ3v) is 1.91. The summed E-state index contributed by atoms with van der Waals surface area (Å²) < 4.78 is 18.1. The van der Waals surface area contributed by atoms with Crippen LogP contribution >= 0.6 is 11.6 Å². The Morgan fingerprint density at radius 2 is 2.17 bits per heavy atom. The number of hydrogen-bond acceptors (Lipinski definition) is 1. The molecule has 1 rings (SSSR count). The molecule has 0 bridgehead atoms. The van der Waals surface area contributed by atoms with Gasteiger partial charge in [-0.15, -0.1) is 11.6 Å². The largest absolute Gasteiger partial charge is 0.494 e. The fraction of sp³-hybridized carbons (Fsp3) is 0.333. The summed E-state index contributed by atoms with van der Waals surface area (Å²) >= 11 is 5.54. The van der Waals surface area contributed by atoms with Gasteiger partial charge in [-0.1, -0.05) is 6.07 Å². The lowest BCUT2D eigenvalue weighted by Gasteiger charge is -2.06. The average Bonchev–Trinajstić information content (AvgIpc) is 2.08. The zero-order valence-corrected chi connectivity index (χ0v) is 7.78. The summed E-state index contributed by atoms with van der Waals surface area (Å²) in [5.41, 5.74) is 1.43. The van der Waals surface area contributed by atoms with Crippen molar-refractivity contribution in [1.82, 2.24) is 0 Å². The molecule has 1 aromatic carbocycles. The van der Waals surface area contributed by atoms with Crippen molar-refractivity contribution in [3.63, 3.8) is 0 Å². The smallest absolute Gasteiger partial charge is 0.169 e. The monoisotopic (exact) mass is 188 g/mol. The number of aryl methyl sites for hydroxylation is 1. The van der Waals surface area contributed by atoms with E-state index >= 15 is 0 Å². The van der Waals surface area contributed by atoms with Crippen molar-refractivity contribution in [1.29, 1.82) is 0 Å². The van der Waals surface area contributed by atoms with Gasteiger partial charge in [0, 0.05) is 5.56 Å². The minimum atomic E-state index is -0.363. The number of alkyl halides is 1. The van der Waals surface area contributed by atoms with Crippen LogP contribution in [0.15, 0.2) is 12.1 Å². The quantitative estimate of drug-likeness (QED) is 0.649. The first kappa shape index (κ1) is 9.33. The topological polar surface area (TPSA) is 9.23 Å². The molecule has 0 radical (unpaired) electrons. The van der Waals surface area contributed by atoms with Crippen molar-refractivity contribution < 1.29 is 9.13 Å². The van der Waals surface area contributed by atoms with Crippen LogP contribution in [0.1, 0.15) is 11.1 Å². The molecule has 0 aromatic heterocycles. The van der Waals surface area contributed by atoms with E-state index in [0.29, 0.717) is 5.56 Å². The van der Waals surface area contributed by atoms with Crippen molar-refractivity contribution in [2.24, 2.45) is 0 Å². The highest BCUT2D eigenvalue weighted by Gasteiger charge is 2.08. The first-order valence-electron chi connectivity index (χ1n) is 3.58. The van der Waals surface area contributed by atoms with Gasteiger partial charge in [-0.2, -0.15) is 0 Å². The van der Waals surface area contributed by atoms with E-state index in [4.69, 9.17) is 16.3 Å². The van der Waals surface area contributed by atoms with E-state index in [2.05, 4.69) is 0 Å². The normalized spacial score (nSPS) is 10.0. The zero-order valence-electron chi connectivity index (χ0n) is 7.03. The third-order valence-electron chi connectivity index (χ3n) is 1.62. The highest BCUT2D eigenvalue weighted by atomic mass is 35.5. The molecular formula is C9H10ClFO. The van der Waals surface area contributed by atoms with E-state index in [-0.39, 0.29) is 17.4 Å².